The third-order valence-corrected chi connectivity index (χ3v) is 4.73. The lowest BCUT2D eigenvalue weighted by molar-refractivity contribution is -0.210. The minimum Gasteiger partial charge on any atom is -0.394 e. The first kappa shape index (κ1) is 19.1. The molecule has 0 aromatic heterocycles. The van der Waals surface area contributed by atoms with Gasteiger partial charge in [-0.3, -0.25) is 4.52 Å². The fourth-order valence-corrected chi connectivity index (χ4v) is 3.46. The van der Waals surface area contributed by atoms with E-state index in [-0.39, 0.29) is 0 Å². The predicted molar refractivity (Wildman–Crippen MR) is 62.7 cm³/mol. The van der Waals surface area contributed by atoms with Crippen molar-refractivity contribution in [2.45, 2.75) is 30.5 Å². The Morgan fingerprint density at radius 1 is 1.24 bits per heavy atom. The lowest BCUT2D eigenvalue weighted by atomic mass is 9.97. The van der Waals surface area contributed by atoms with Crippen molar-refractivity contribution in [3.05, 3.63) is 0 Å². The number of phosphoric acid groups is 2. The van der Waals surface area contributed by atoms with Gasteiger partial charge in [-0.1, -0.05) is 0 Å². The molecule has 0 radical (unpaired) electrons. The summed E-state index contributed by atoms with van der Waals surface area (Å²) in [4.78, 5) is 26.1. The minimum absolute atomic E-state index is 0.460. The number of ether oxygens (including phenoxy) is 1. The lowest BCUT2D eigenvalue weighted by Crippen LogP contribution is -2.58. The summed E-state index contributed by atoms with van der Waals surface area (Å²) in [5, 5.41) is 37.4. The molecule has 0 aromatic rings. The molecule has 7 N–H and O–H groups in total. The van der Waals surface area contributed by atoms with Gasteiger partial charge in [-0.15, -0.1) is 0 Å². The highest BCUT2D eigenvalue weighted by Crippen LogP contribution is 2.58. The highest BCUT2D eigenvalue weighted by molar-refractivity contribution is 7.60. The van der Waals surface area contributed by atoms with Crippen molar-refractivity contribution < 1.29 is 57.8 Å². The van der Waals surface area contributed by atoms with Gasteiger partial charge >= 0.3 is 15.6 Å². The summed E-state index contributed by atoms with van der Waals surface area (Å²) in [6.45, 7) is -1.32. The van der Waals surface area contributed by atoms with Crippen LogP contribution >= 0.6 is 15.6 Å². The van der Waals surface area contributed by atoms with Crippen molar-refractivity contribution in [3.63, 3.8) is 0 Å². The quantitative estimate of drug-likeness (QED) is 0.239. The van der Waals surface area contributed by atoms with Crippen molar-refractivity contribution in [3.8, 4) is 0 Å². The molecule has 0 aromatic carbocycles. The molecular weight excluding hydrogens is 338 g/mol. The van der Waals surface area contributed by atoms with E-state index >= 15 is 0 Å². The smallest absolute Gasteiger partial charge is 0.394 e. The minimum atomic E-state index is -5.38. The maximum Gasteiger partial charge on any atom is 0.481 e. The molecule has 1 fully saturated rings. The van der Waals surface area contributed by atoms with Crippen molar-refractivity contribution in [1.29, 1.82) is 0 Å². The Kier molecular flexibility index (Phi) is 6.45. The first-order chi connectivity index (χ1) is 9.47. The molecule has 1 heterocycles. The molecule has 21 heavy (non-hydrogen) atoms. The number of hydrogen-bond acceptors (Lipinski definition) is 9. The zero-order chi connectivity index (χ0) is 16.4. The van der Waals surface area contributed by atoms with Gasteiger partial charge in [-0.2, -0.15) is 4.31 Å². The van der Waals surface area contributed by atoms with E-state index in [1.54, 1.807) is 0 Å². The highest BCUT2D eigenvalue weighted by atomic mass is 31.3. The van der Waals surface area contributed by atoms with Crippen molar-refractivity contribution in [2.75, 3.05) is 13.2 Å². The Morgan fingerprint density at radius 2 is 1.81 bits per heavy atom. The Morgan fingerprint density at radius 3 is 2.29 bits per heavy atom. The van der Waals surface area contributed by atoms with Gasteiger partial charge < -0.3 is 39.8 Å². The molecule has 12 nitrogen and oxygen atoms in total. The Labute approximate surface area is 118 Å². The molecule has 0 amide bonds. The molecule has 126 valence electrons. The molecule has 14 heteroatoms. The normalized spacial score (nSPS) is 35.2. The Balaban J connectivity index is 2.92. The van der Waals surface area contributed by atoms with Crippen LogP contribution in [-0.2, 0) is 22.7 Å². The maximum absolute atomic E-state index is 11.4. The van der Waals surface area contributed by atoms with Gasteiger partial charge in [-0.25, -0.2) is 9.13 Å². The van der Waals surface area contributed by atoms with Crippen LogP contribution in [0.15, 0.2) is 0 Å². The van der Waals surface area contributed by atoms with E-state index in [9.17, 15) is 29.3 Å². The lowest BCUT2D eigenvalue weighted by Gasteiger charge is -2.39. The third-order valence-electron chi connectivity index (χ3n) is 2.54. The number of aliphatic hydroxyl groups is 4. The van der Waals surface area contributed by atoms with Crippen molar-refractivity contribution >= 4 is 15.6 Å². The average Bonchev–Trinajstić information content (AvgIpc) is 2.31. The summed E-state index contributed by atoms with van der Waals surface area (Å²) in [5.74, 6) is 0. The first-order valence-corrected chi connectivity index (χ1v) is 8.54. The zero-order valence-electron chi connectivity index (χ0n) is 10.4. The second kappa shape index (κ2) is 7.09. The number of phosphoric ester groups is 1. The van der Waals surface area contributed by atoms with Crippen LogP contribution in [0, 0.1) is 0 Å². The first-order valence-electron chi connectivity index (χ1n) is 5.51. The highest BCUT2D eigenvalue weighted by Gasteiger charge is 2.47. The number of rotatable bonds is 6. The van der Waals surface area contributed by atoms with Crippen LogP contribution in [0.1, 0.15) is 0 Å². The SMILES string of the molecule is O=P(O)(O)OP(=O)(O)O[C@H]1[C@H](O)[C@H](O)CO[C@@H]1[C@@H](O)CO. The van der Waals surface area contributed by atoms with Gasteiger partial charge in [-0.05, 0) is 0 Å². The second-order valence-electron chi connectivity index (χ2n) is 4.22. The average molecular weight is 354 g/mol. The van der Waals surface area contributed by atoms with Crippen LogP contribution in [0.2, 0.25) is 0 Å². The van der Waals surface area contributed by atoms with Crippen molar-refractivity contribution in [1.82, 2.24) is 0 Å². The molecule has 0 bridgehead atoms. The van der Waals surface area contributed by atoms with Gasteiger partial charge in [0.25, 0.3) is 0 Å². The van der Waals surface area contributed by atoms with E-state index in [4.69, 9.17) is 19.6 Å². The standard InChI is InChI=1S/C7H16O12P2/c8-1-3(9)6-7(5(11)4(10)2-17-6)18-21(15,16)19-20(12,13)14/h3-11H,1-2H2,(H,15,16)(H2,12,13,14)/t3-,4+,5+,6+,7-/m0/s1. The molecular formula is C7H16O12P2. The van der Waals surface area contributed by atoms with Gasteiger partial charge in [0.05, 0.1) is 13.2 Å². The molecule has 6 atom stereocenters. The predicted octanol–water partition coefficient (Wildman–Crippen LogP) is -2.94. The largest absolute Gasteiger partial charge is 0.481 e. The van der Waals surface area contributed by atoms with E-state index in [1.807, 2.05) is 0 Å². The van der Waals surface area contributed by atoms with Crippen LogP contribution in [-0.4, -0.2) is 78.8 Å². The van der Waals surface area contributed by atoms with Crippen LogP contribution < -0.4 is 0 Å². The number of aliphatic hydroxyl groups excluding tert-OH is 4. The summed E-state index contributed by atoms with van der Waals surface area (Å²) < 4.78 is 34.7. The molecule has 0 aliphatic carbocycles. The van der Waals surface area contributed by atoms with Crippen molar-refractivity contribution in [2.24, 2.45) is 0 Å². The zero-order valence-corrected chi connectivity index (χ0v) is 12.2. The fourth-order valence-electron chi connectivity index (χ4n) is 1.68. The fraction of sp³-hybridized carbons (Fsp3) is 1.00. The summed E-state index contributed by atoms with van der Waals surface area (Å²) in [7, 11) is -10.7. The van der Waals surface area contributed by atoms with E-state index in [0.717, 1.165) is 0 Å². The second-order valence-corrected chi connectivity index (χ2v) is 7.00. The molecule has 1 aliphatic heterocycles. The molecule has 1 aliphatic rings. The summed E-state index contributed by atoms with van der Waals surface area (Å²) in [6, 6.07) is 0. The summed E-state index contributed by atoms with van der Waals surface area (Å²) >= 11 is 0. The monoisotopic (exact) mass is 354 g/mol. The van der Waals surface area contributed by atoms with Gasteiger partial charge in [0.2, 0.25) is 0 Å². The summed E-state index contributed by atoms with van der Waals surface area (Å²) in [6.07, 6.45) is -8.43. The molecule has 1 unspecified atom stereocenters. The Bertz CT molecular complexity index is 435. The summed E-state index contributed by atoms with van der Waals surface area (Å²) in [5.41, 5.74) is 0. The van der Waals surface area contributed by atoms with E-state index < -0.39 is 59.4 Å². The van der Waals surface area contributed by atoms with Crippen LogP contribution in [0.5, 0.6) is 0 Å². The topological polar surface area (TPSA) is 203 Å². The van der Waals surface area contributed by atoms with E-state index in [1.165, 1.54) is 0 Å². The molecule has 1 saturated heterocycles. The number of hydrogen-bond donors (Lipinski definition) is 7. The van der Waals surface area contributed by atoms with Gasteiger partial charge in [0, 0.05) is 0 Å². The van der Waals surface area contributed by atoms with E-state index in [2.05, 4.69) is 8.83 Å². The Hall–Kier alpha value is 0.0600. The van der Waals surface area contributed by atoms with Gasteiger partial charge in [0.1, 0.15) is 30.5 Å². The van der Waals surface area contributed by atoms with Crippen LogP contribution in [0.25, 0.3) is 0 Å². The third kappa shape index (κ3) is 5.64. The molecule has 0 spiro atoms. The maximum atomic E-state index is 11.4. The van der Waals surface area contributed by atoms with Gasteiger partial charge in [0.15, 0.2) is 0 Å². The van der Waals surface area contributed by atoms with Crippen LogP contribution in [0.3, 0.4) is 0 Å². The van der Waals surface area contributed by atoms with Crippen LogP contribution in [0.4, 0.5) is 0 Å². The molecule has 0 saturated carbocycles. The molecule has 1 rings (SSSR count). The van der Waals surface area contributed by atoms with E-state index in [0.29, 0.717) is 0 Å².